The molecule has 0 bridgehead atoms. The highest BCUT2D eigenvalue weighted by Gasteiger charge is 2.44. The summed E-state index contributed by atoms with van der Waals surface area (Å²) >= 11 is 0. The summed E-state index contributed by atoms with van der Waals surface area (Å²) in [5.41, 5.74) is 27.2. The van der Waals surface area contributed by atoms with Crippen LogP contribution in [-0.4, -0.2) is 6.71 Å². The van der Waals surface area contributed by atoms with Gasteiger partial charge in [0, 0.05) is 34.1 Å². The van der Waals surface area contributed by atoms with Crippen molar-refractivity contribution in [2.45, 2.75) is 93.9 Å². The molecule has 59 heavy (non-hydrogen) atoms. The summed E-state index contributed by atoms with van der Waals surface area (Å²) in [5.74, 6) is 1.28. The highest BCUT2D eigenvalue weighted by molar-refractivity contribution is 7.00. The van der Waals surface area contributed by atoms with E-state index in [-0.39, 0.29) is 6.71 Å². The Hall–Kier alpha value is -5.80. The van der Waals surface area contributed by atoms with Crippen LogP contribution in [0.3, 0.4) is 0 Å². The minimum Gasteiger partial charge on any atom is -0.311 e. The molecule has 0 radical (unpaired) electrons. The van der Waals surface area contributed by atoms with Crippen molar-refractivity contribution in [3.05, 3.63) is 172 Å². The largest absolute Gasteiger partial charge is 0.311 e. The average molecular weight is 769 g/mol. The summed E-state index contributed by atoms with van der Waals surface area (Å²) in [6.07, 6.45) is 0. The Labute approximate surface area is 353 Å². The van der Waals surface area contributed by atoms with E-state index in [9.17, 15) is 0 Å². The molecule has 0 fully saturated rings. The first-order valence-electron chi connectivity index (χ1n) is 21.7. The lowest BCUT2D eigenvalue weighted by molar-refractivity contribution is 0.866. The Balaban J connectivity index is 1.39. The molecular weight excluding hydrogens is 711 g/mol. The molecule has 0 saturated heterocycles. The van der Waals surface area contributed by atoms with Crippen molar-refractivity contribution in [2.24, 2.45) is 0 Å². The van der Waals surface area contributed by atoms with Crippen LogP contribution in [0, 0.1) is 34.6 Å². The Morgan fingerprint density at radius 3 is 1.22 bits per heavy atom. The molecular formula is C56H57BN2. The van der Waals surface area contributed by atoms with Gasteiger partial charge in [-0.2, -0.15) is 0 Å². The maximum Gasteiger partial charge on any atom is 0.252 e. The van der Waals surface area contributed by atoms with Gasteiger partial charge in [0.25, 0.3) is 6.71 Å². The first-order valence-corrected chi connectivity index (χ1v) is 21.7. The smallest absolute Gasteiger partial charge is 0.252 e. The summed E-state index contributed by atoms with van der Waals surface area (Å²) in [6, 6.07) is 49.5. The summed E-state index contributed by atoms with van der Waals surface area (Å²) in [7, 11) is 0. The van der Waals surface area contributed by atoms with Gasteiger partial charge in [0.2, 0.25) is 0 Å². The molecule has 2 nitrogen and oxygen atoms in total. The number of hydrogen-bond donors (Lipinski definition) is 0. The third kappa shape index (κ3) is 6.51. The van der Waals surface area contributed by atoms with Crippen LogP contribution in [0.15, 0.2) is 127 Å². The van der Waals surface area contributed by atoms with Gasteiger partial charge in [-0.05, 0) is 190 Å². The standard InChI is InChI=1S/C56H57BN2/c1-33(2)41-18-22-46(23-19-41)58-50-24-20-42(34(3)4)31-48(50)57-49-32-43(35(5)6)21-25-51(49)59(53-27-36(7)26-52(58)56(53)57)47-29-44(54-37(8)14-12-15-38(54)9)28-45(30-47)55-39(10)16-13-17-40(55)11/h12-35H,1-11H3. The Kier molecular flexibility index (Phi) is 9.70. The Morgan fingerprint density at radius 2 is 0.797 bits per heavy atom. The maximum atomic E-state index is 2.60. The first kappa shape index (κ1) is 38.7. The van der Waals surface area contributed by atoms with Crippen molar-refractivity contribution in [1.82, 2.24) is 0 Å². The van der Waals surface area contributed by atoms with Gasteiger partial charge in [-0.1, -0.05) is 114 Å². The van der Waals surface area contributed by atoms with E-state index in [2.05, 4.69) is 213 Å². The molecule has 0 amide bonds. The molecule has 0 unspecified atom stereocenters. The topological polar surface area (TPSA) is 6.48 Å². The molecule has 2 aliphatic rings. The molecule has 0 saturated carbocycles. The summed E-state index contributed by atoms with van der Waals surface area (Å²) < 4.78 is 0. The number of anilines is 6. The van der Waals surface area contributed by atoms with Crippen LogP contribution >= 0.6 is 0 Å². The van der Waals surface area contributed by atoms with E-state index >= 15 is 0 Å². The van der Waals surface area contributed by atoms with Gasteiger partial charge in [-0.3, -0.25) is 0 Å². The van der Waals surface area contributed by atoms with Gasteiger partial charge in [0.15, 0.2) is 0 Å². The minimum absolute atomic E-state index is 0.0744. The minimum atomic E-state index is 0.0744. The van der Waals surface area contributed by atoms with E-state index in [0.717, 1.165) is 0 Å². The Morgan fingerprint density at radius 1 is 0.390 bits per heavy atom. The predicted octanol–water partition coefficient (Wildman–Crippen LogP) is 14.0. The normalized spacial score (nSPS) is 13.0. The van der Waals surface area contributed by atoms with Crippen molar-refractivity contribution in [3.63, 3.8) is 0 Å². The van der Waals surface area contributed by atoms with E-state index in [1.807, 2.05) is 0 Å². The molecule has 0 aromatic heterocycles. The molecule has 9 rings (SSSR count). The van der Waals surface area contributed by atoms with E-state index in [1.54, 1.807) is 0 Å². The van der Waals surface area contributed by atoms with E-state index < -0.39 is 0 Å². The van der Waals surface area contributed by atoms with Crippen LogP contribution < -0.4 is 26.2 Å². The fraction of sp³-hybridized carbons (Fsp3) is 0.250. The second-order valence-electron chi connectivity index (χ2n) is 18.3. The quantitative estimate of drug-likeness (QED) is 0.149. The third-order valence-electron chi connectivity index (χ3n) is 13.1. The number of benzene rings is 7. The molecule has 0 N–H and O–H groups in total. The highest BCUT2D eigenvalue weighted by atomic mass is 15.2. The number of rotatable bonds is 7. The van der Waals surface area contributed by atoms with Gasteiger partial charge in [0.1, 0.15) is 0 Å². The molecule has 7 aromatic rings. The van der Waals surface area contributed by atoms with Crippen molar-refractivity contribution < 1.29 is 0 Å². The van der Waals surface area contributed by atoms with E-state index in [0.29, 0.717) is 17.8 Å². The molecule has 2 aliphatic heterocycles. The van der Waals surface area contributed by atoms with Gasteiger partial charge in [-0.15, -0.1) is 0 Å². The molecule has 294 valence electrons. The van der Waals surface area contributed by atoms with Crippen LogP contribution in [0.4, 0.5) is 34.1 Å². The number of fused-ring (bicyclic) bond motifs is 4. The van der Waals surface area contributed by atoms with Crippen LogP contribution in [0.25, 0.3) is 22.3 Å². The van der Waals surface area contributed by atoms with Crippen molar-refractivity contribution >= 4 is 57.2 Å². The summed E-state index contributed by atoms with van der Waals surface area (Å²) in [5, 5.41) is 0. The van der Waals surface area contributed by atoms with Crippen LogP contribution in [-0.2, 0) is 0 Å². The van der Waals surface area contributed by atoms with Crippen LogP contribution in [0.1, 0.15) is 104 Å². The summed E-state index contributed by atoms with van der Waals surface area (Å²) in [6.45, 7) is 25.2. The zero-order chi connectivity index (χ0) is 41.4. The summed E-state index contributed by atoms with van der Waals surface area (Å²) in [4.78, 5) is 5.16. The Bertz CT molecular complexity index is 2660. The highest BCUT2D eigenvalue weighted by Crippen LogP contribution is 2.47. The molecule has 0 spiro atoms. The lowest BCUT2D eigenvalue weighted by atomic mass is 9.33. The predicted molar refractivity (Wildman–Crippen MR) is 257 cm³/mol. The average Bonchev–Trinajstić information content (AvgIpc) is 3.20. The van der Waals surface area contributed by atoms with Gasteiger partial charge in [0.05, 0.1) is 0 Å². The van der Waals surface area contributed by atoms with Gasteiger partial charge < -0.3 is 9.80 Å². The second kappa shape index (κ2) is 14.8. The van der Waals surface area contributed by atoms with E-state index in [1.165, 1.54) is 117 Å². The van der Waals surface area contributed by atoms with Crippen molar-refractivity contribution in [1.29, 1.82) is 0 Å². The lowest BCUT2D eigenvalue weighted by Crippen LogP contribution is -2.61. The molecule has 0 atom stereocenters. The maximum absolute atomic E-state index is 2.60. The van der Waals surface area contributed by atoms with Crippen LogP contribution in [0.5, 0.6) is 0 Å². The molecule has 0 aliphatic carbocycles. The SMILES string of the molecule is Cc1cc2c3c(c1)N(c1cc(-c4c(C)cccc4C)cc(-c4c(C)cccc4C)c1)c1ccc(C(C)C)cc1B3c1cc(C(C)C)ccc1N2c1ccc(C(C)C)cc1. The zero-order valence-electron chi connectivity index (χ0n) is 36.8. The first-order chi connectivity index (χ1) is 28.3. The lowest BCUT2D eigenvalue weighted by Gasteiger charge is -2.45. The molecule has 2 heterocycles. The van der Waals surface area contributed by atoms with Crippen molar-refractivity contribution in [3.8, 4) is 22.3 Å². The fourth-order valence-corrected chi connectivity index (χ4v) is 10.0. The van der Waals surface area contributed by atoms with Gasteiger partial charge >= 0.3 is 0 Å². The second-order valence-corrected chi connectivity index (χ2v) is 18.3. The third-order valence-corrected chi connectivity index (χ3v) is 13.1. The number of hydrogen-bond acceptors (Lipinski definition) is 2. The number of nitrogens with zero attached hydrogens (tertiary/aromatic N) is 2. The molecule has 7 aromatic carbocycles. The number of aryl methyl sites for hydroxylation is 5. The van der Waals surface area contributed by atoms with Crippen LogP contribution in [0.2, 0.25) is 0 Å². The van der Waals surface area contributed by atoms with Crippen molar-refractivity contribution in [2.75, 3.05) is 9.80 Å². The zero-order valence-corrected chi connectivity index (χ0v) is 36.8. The molecule has 3 heteroatoms. The monoisotopic (exact) mass is 768 g/mol. The van der Waals surface area contributed by atoms with E-state index in [4.69, 9.17) is 0 Å². The van der Waals surface area contributed by atoms with Gasteiger partial charge in [-0.25, -0.2) is 0 Å². The fourth-order valence-electron chi connectivity index (χ4n) is 10.0.